The fourth-order valence-electron chi connectivity index (χ4n) is 6.58. The van der Waals surface area contributed by atoms with Gasteiger partial charge in [-0.05, 0) is 31.1 Å². The van der Waals surface area contributed by atoms with Gasteiger partial charge in [0, 0.05) is 19.3 Å². The first kappa shape index (κ1) is 49.4. The molecule has 6 heteroatoms. The number of rotatable bonds is 39. The SMILES string of the molecule is CCCCCCCCCCCCCC(=O)OC[C@H](COC(=O)CCCCCCCCC(C)C)OC(=O)CCCCCCCCCCCCC(C)C. The van der Waals surface area contributed by atoms with E-state index in [-0.39, 0.29) is 31.1 Å². The summed E-state index contributed by atoms with van der Waals surface area (Å²) in [7, 11) is 0. The molecule has 0 rings (SSSR count). The largest absolute Gasteiger partial charge is 0.462 e. The first-order chi connectivity index (χ1) is 24.7. The first-order valence-electron chi connectivity index (χ1n) is 22.2. The number of ether oxygens (including phenoxy) is 3. The minimum Gasteiger partial charge on any atom is -0.462 e. The Hall–Kier alpha value is -1.59. The van der Waals surface area contributed by atoms with E-state index in [1.54, 1.807) is 0 Å². The van der Waals surface area contributed by atoms with Gasteiger partial charge in [0.2, 0.25) is 0 Å². The molecule has 0 heterocycles. The zero-order valence-corrected chi connectivity index (χ0v) is 34.7. The molecule has 0 aromatic rings. The first-order valence-corrected chi connectivity index (χ1v) is 22.2. The maximum absolute atomic E-state index is 12.7. The Balaban J connectivity index is 4.33. The number of carbonyl (C=O) groups excluding carboxylic acids is 3. The molecular formula is C45H86O6. The summed E-state index contributed by atoms with van der Waals surface area (Å²) in [4.78, 5) is 37.6. The molecular weight excluding hydrogens is 636 g/mol. The maximum Gasteiger partial charge on any atom is 0.306 e. The van der Waals surface area contributed by atoms with Crippen LogP contribution in [0.2, 0.25) is 0 Å². The van der Waals surface area contributed by atoms with E-state index in [4.69, 9.17) is 14.2 Å². The molecule has 0 unspecified atom stereocenters. The fraction of sp³-hybridized carbons (Fsp3) is 0.933. The molecule has 302 valence electrons. The van der Waals surface area contributed by atoms with Crippen molar-refractivity contribution in [3.8, 4) is 0 Å². The van der Waals surface area contributed by atoms with E-state index < -0.39 is 6.10 Å². The predicted molar refractivity (Wildman–Crippen MR) is 215 cm³/mol. The van der Waals surface area contributed by atoms with Crippen molar-refractivity contribution in [1.82, 2.24) is 0 Å². The fourth-order valence-corrected chi connectivity index (χ4v) is 6.58. The van der Waals surface area contributed by atoms with Gasteiger partial charge in [-0.1, -0.05) is 202 Å². The average molecular weight is 723 g/mol. The van der Waals surface area contributed by atoms with Gasteiger partial charge in [-0.3, -0.25) is 14.4 Å². The Morgan fingerprint density at radius 2 is 0.647 bits per heavy atom. The number of hydrogen-bond acceptors (Lipinski definition) is 6. The summed E-state index contributed by atoms with van der Waals surface area (Å²) >= 11 is 0. The van der Waals surface area contributed by atoms with Crippen molar-refractivity contribution in [3.05, 3.63) is 0 Å². The van der Waals surface area contributed by atoms with Crippen molar-refractivity contribution in [2.45, 2.75) is 246 Å². The van der Waals surface area contributed by atoms with Crippen LogP contribution in [-0.4, -0.2) is 37.2 Å². The molecule has 0 aliphatic carbocycles. The summed E-state index contributed by atoms with van der Waals surface area (Å²) in [5.74, 6) is 0.715. The van der Waals surface area contributed by atoms with E-state index >= 15 is 0 Å². The third-order valence-corrected chi connectivity index (χ3v) is 9.97. The molecule has 51 heavy (non-hydrogen) atoms. The van der Waals surface area contributed by atoms with Gasteiger partial charge in [0.25, 0.3) is 0 Å². The summed E-state index contributed by atoms with van der Waals surface area (Å²) < 4.78 is 16.7. The van der Waals surface area contributed by atoms with Crippen molar-refractivity contribution in [1.29, 1.82) is 0 Å². The molecule has 0 aromatic carbocycles. The van der Waals surface area contributed by atoms with Crippen molar-refractivity contribution in [2.24, 2.45) is 11.8 Å². The van der Waals surface area contributed by atoms with E-state index in [0.29, 0.717) is 19.3 Å². The minimum absolute atomic E-state index is 0.0657. The number of hydrogen-bond donors (Lipinski definition) is 0. The lowest BCUT2D eigenvalue weighted by molar-refractivity contribution is -0.167. The van der Waals surface area contributed by atoms with Gasteiger partial charge in [-0.15, -0.1) is 0 Å². The van der Waals surface area contributed by atoms with Gasteiger partial charge < -0.3 is 14.2 Å². The molecule has 1 atom stereocenters. The van der Waals surface area contributed by atoms with E-state index in [2.05, 4.69) is 34.6 Å². The van der Waals surface area contributed by atoms with Crippen LogP contribution in [0.25, 0.3) is 0 Å². The number of unbranched alkanes of at least 4 members (excludes halogenated alkanes) is 24. The smallest absolute Gasteiger partial charge is 0.306 e. The summed E-state index contributed by atoms with van der Waals surface area (Å²) in [6.45, 7) is 11.2. The quantitative estimate of drug-likeness (QED) is 0.0357. The molecule has 0 fully saturated rings. The number of esters is 3. The van der Waals surface area contributed by atoms with Crippen molar-refractivity contribution < 1.29 is 28.6 Å². The van der Waals surface area contributed by atoms with E-state index in [1.165, 1.54) is 128 Å². The molecule has 0 N–H and O–H groups in total. The molecule has 0 saturated heterocycles. The molecule has 0 aliphatic heterocycles. The van der Waals surface area contributed by atoms with Crippen molar-refractivity contribution >= 4 is 17.9 Å². The Kier molecular flexibility index (Phi) is 37.0. The average Bonchev–Trinajstić information content (AvgIpc) is 3.09. The Labute approximate surface area is 317 Å². The summed E-state index contributed by atoms with van der Waals surface area (Å²) in [5.41, 5.74) is 0. The summed E-state index contributed by atoms with van der Waals surface area (Å²) in [6.07, 6.45) is 35.3. The van der Waals surface area contributed by atoms with Crippen LogP contribution in [0.4, 0.5) is 0 Å². The highest BCUT2D eigenvalue weighted by Crippen LogP contribution is 2.16. The van der Waals surface area contributed by atoms with E-state index in [9.17, 15) is 14.4 Å². The second-order valence-electron chi connectivity index (χ2n) is 16.3. The van der Waals surface area contributed by atoms with Crippen LogP contribution in [-0.2, 0) is 28.6 Å². The van der Waals surface area contributed by atoms with Crippen molar-refractivity contribution in [2.75, 3.05) is 13.2 Å². The minimum atomic E-state index is -0.760. The maximum atomic E-state index is 12.7. The molecule has 0 aromatic heterocycles. The van der Waals surface area contributed by atoms with Gasteiger partial charge in [-0.25, -0.2) is 0 Å². The third kappa shape index (κ3) is 39.5. The third-order valence-electron chi connectivity index (χ3n) is 9.97. The zero-order valence-electron chi connectivity index (χ0n) is 34.7. The lowest BCUT2D eigenvalue weighted by atomic mass is 10.0. The van der Waals surface area contributed by atoms with Gasteiger partial charge in [0.1, 0.15) is 13.2 Å². The molecule has 0 spiro atoms. The van der Waals surface area contributed by atoms with Crippen LogP contribution in [0.5, 0.6) is 0 Å². The number of carbonyl (C=O) groups is 3. The van der Waals surface area contributed by atoms with Crippen molar-refractivity contribution in [3.63, 3.8) is 0 Å². The second kappa shape index (κ2) is 38.1. The van der Waals surface area contributed by atoms with Gasteiger partial charge in [0.15, 0.2) is 6.10 Å². The zero-order chi connectivity index (χ0) is 37.6. The lowest BCUT2D eigenvalue weighted by Crippen LogP contribution is -2.30. The molecule has 0 amide bonds. The summed E-state index contributed by atoms with van der Waals surface area (Å²) in [5, 5.41) is 0. The highest BCUT2D eigenvalue weighted by Gasteiger charge is 2.19. The standard InChI is InChI=1S/C45H86O6/c1-6-7-8-9-10-11-12-16-19-25-30-35-43(46)49-38-42(39-50-44(47)36-31-26-22-21-24-29-34-41(4)5)51-45(48)37-32-27-20-17-14-13-15-18-23-28-33-40(2)3/h40-42H,6-39H2,1-5H3/t42-/m1/s1. The van der Waals surface area contributed by atoms with Crippen LogP contribution < -0.4 is 0 Å². The lowest BCUT2D eigenvalue weighted by Gasteiger charge is -2.18. The van der Waals surface area contributed by atoms with Gasteiger partial charge in [-0.2, -0.15) is 0 Å². The van der Waals surface area contributed by atoms with Crippen LogP contribution in [0.15, 0.2) is 0 Å². The van der Waals surface area contributed by atoms with Gasteiger partial charge in [0.05, 0.1) is 0 Å². The van der Waals surface area contributed by atoms with Crippen LogP contribution >= 0.6 is 0 Å². The highest BCUT2D eigenvalue weighted by molar-refractivity contribution is 5.71. The molecule has 0 aliphatic rings. The Bertz CT molecular complexity index is 779. The summed E-state index contributed by atoms with van der Waals surface area (Å²) in [6, 6.07) is 0. The topological polar surface area (TPSA) is 78.9 Å². The van der Waals surface area contributed by atoms with Crippen LogP contribution in [0, 0.1) is 11.8 Å². The van der Waals surface area contributed by atoms with Gasteiger partial charge >= 0.3 is 17.9 Å². The van der Waals surface area contributed by atoms with E-state index in [1.807, 2.05) is 0 Å². The second-order valence-corrected chi connectivity index (χ2v) is 16.3. The Morgan fingerprint density at radius 3 is 0.961 bits per heavy atom. The molecule has 6 nitrogen and oxygen atoms in total. The molecule has 0 radical (unpaired) electrons. The normalized spacial score (nSPS) is 12.1. The van der Waals surface area contributed by atoms with E-state index in [0.717, 1.165) is 69.6 Å². The molecule has 0 bridgehead atoms. The Morgan fingerprint density at radius 1 is 0.373 bits per heavy atom. The monoisotopic (exact) mass is 723 g/mol. The predicted octanol–water partition coefficient (Wildman–Crippen LogP) is 13.8. The van der Waals surface area contributed by atoms with Crippen LogP contribution in [0.1, 0.15) is 240 Å². The molecule has 0 saturated carbocycles. The van der Waals surface area contributed by atoms with Crippen LogP contribution in [0.3, 0.4) is 0 Å². The highest BCUT2D eigenvalue weighted by atomic mass is 16.6.